The average molecular weight is 505 g/mol. The van der Waals surface area contributed by atoms with E-state index in [9.17, 15) is 22.8 Å². The van der Waals surface area contributed by atoms with Gasteiger partial charge < -0.3 is 9.84 Å². The van der Waals surface area contributed by atoms with Gasteiger partial charge >= 0.3 is 5.97 Å². The predicted molar refractivity (Wildman–Crippen MR) is 128 cm³/mol. The van der Waals surface area contributed by atoms with Crippen LogP contribution in [0, 0.1) is 17.5 Å². The van der Waals surface area contributed by atoms with Crippen LogP contribution in [0.15, 0.2) is 41.3 Å². The molecular weight excluding hydrogens is 481 g/mol. The summed E-state index contributed by atoms with van der Waals surface area (Å²) in [5, 5.41) is 13.0. The van der Waals surface area contributed by atoms with Crippen LogP contribution < -0.4 is 5.32 Å². The smallest absolute Gasteiger partial charge is 0.331 e. The highest BCUT2D eigenvalue weighted by atomic mass is 32.1. The van der Waals surface area contributed by atoms with Gasteiger partial charge in [0.25, 0.3) is 5.91 Å². The second kappa shape index (κ2) is 11.8. The van der Waals surface area contributed by atoms with Crippen LogP contribution in [0.1, 0.15) is 41.8 Å². The van der Waals surface area contributed by atoms with Gasteiger partial charge in [-0.15, -0.1) is 11.3 Å². The van der Waals surface area contributed by atoms with E-state index in [1.54, 1.807) is 23.6 Å². The summed E-state index contributed by atoms with van der Waals surface area (Å²) < 4.78 is 49.0. The number of amides is 1. The van der Waals surface area contributed by atoms with Crippen LogP contribution in [0.5, 0.6) is 0 Å². The second-order valence-corrected chi connectivity index (χ2v) is 8.42. The molecule has 3 rings (SSSR count). The maximum Gasteiger partial charge on any atom is 0.331 e. The first-order chi connectivity index (χ1) is 16.7. The summed E-state index contributed by atoms with van der Waals surface area (Å²) in [6.45, 7) is 4.22. The number of hydrogen-bond donors (Lipinski definition) is 2. The molecule has 0 radical (unpaired) electrons. The van der Waals surface area contributed by atoms with Gasteiger partial charge in [0.15, 0.2) is 5.13 Å². The number of ether oxygens (including phenoxy) is 1. The van der Waals surface area contributed by atoms with E-state index in [2.05, 4.69) is 10.3 Å². The van der Waals surface area contributed by atoms with Crippen LogP contribution in [0.2, 0.25) is 0 Å². The number of carboxylic acids is 1. The molecule has 10 heteroatoms. The summed E-state index contributed by atoms with van der Waals surface area (Å²) in [6.07, 6.45) is 2.02. The molecule has 0 aliphatic carbocycles. The molecule has 0 spiro atoms. The fourth-order valence-electron chi connectivity index (χ4n) is 3.24. The number of anilines is 1. The third-order valence-corrected chi connectivity index (χ3v) is 5.82. The second-order valence-electron chi connectivity index (χ2n) is 7.56. The van der Waals surface area contributed by atoms with Crippen molar-refractivity contribution in [2.24, 2.45) is 0 Å². The number of nitrogens with one attached hydrogen (secondary N) is 1. The lowest BCUT2D eigenvalue weighted by atomic mass is 10.0. The highest BCUT2D eigenvalue weighted by molar-refractivity contribution is 7.14. The van der Waals surface area contributed by atoms with Gasteiger partial charge in [-0.05, 0) is 56.5 Å². The molecule has 0 bridgehead atoms. The molecule has 1 aromatic heterocycles. The van der Waals surface area contributed by atoms with Gasteiger partial charge in [-0.1, -0.05) is 12.1 Å². The van der Waals surface area contributed by atoms with Crippen LogP contribution in [0.4, 0.5) is 18.3 Å². The van der Waals surface area contributed by atoms with E-state index in [0.29, 0.717) is 37.3 Å². The molecule has 3 aromatic rings. The van der Waals surface area contributed by atoms with Crippen molar-refractivity contribution in [3.05, 3.63) is 75.4 Å². The zero-order valence-corrected chi connectivity index (χ0v) is 19.8. The SMILES string of the molecule is CCOCCCc1cccc(-c2csc(NC(=O)c3cc(F)c(/C=C(\C)C(=O)O)c(F)c3)n2)c1F. The normalized spacial score (nSPS) is 11.5. The maximum absolute atomic E-state index is 15.0. The molecule has 0 aliphatic heterocycles. The molecule has 1 amide bonds. The summed E-state index contributed by atoms with van der Waals surface area (Å²) in [5.41, 5.74) is -0.0204. The molecule has 0 aliphatic rings. The molecule has 35 heavy (non-hydrogen) atoms. The lowest BCUT2D eigenvalue weighted by Crippen LogP contribution is -2.13. The predicted octanol–water partition coefficient (Wildman–Crippen LogP) is 5.94. The highest BCUT2D eigenvalue weighted by Crippen LogP contribution is 2.29. The Labute approximate surface area is 204 Å². The van der Waals surface area contributed by atoms with E-state index in [0.717, 1.165) is 29.5 Å². The minimum atomic E-state index is -1.32. The molecule has 0 saturated carbocycles. The van der Waals surface area contributed by atoms with E-state index in [1.165, 1.54) is 6.92 Å². The molecule has 6 nitrogen and oxygen atoms in total. The Hall–Kier alpha value is -3.50. The van der Waals surface area contributed by atoms with Crippen molar-refractivity contribution >= 4 is 34.4 Å². The average Bonchev–Trinajstić information content (AvgIpc) is 3.27. The van der Waals surface area contributed by atoms with Crippen LogP contribution in [0.25, 0.3) is 17.3 Å². The zero-order chi connectivity index (χ0) is 25.5. The quantitative estimate of drug-likeness (QED) is 0.264. The number of aromatic nitrogens is 1. The van der Waals surface area contributed by atoms with Crippen molar-refractivity contribution in [1.82, 2.24) is 4.98 Å². The Morgan fingerprint density at radius 2 is 1.91 bits per heavy atom. The van der Waals surface area contributed by atoms with Gasteiger partial charge in [0.1, 0.15) is 17.5 Å². The van der Waals surface area contributed by atoms with Crippen molar-refractivity contribution in [1.29, 1.82) is 0 Å². The topological polar surface area (TPSA) is 88.5 Å². The molecule has 2 aromatic carbocycles. The Morgan fingerprint density at radius 3 is 2.57 bits per heavy atom. The Bertz CT molecular complexity index is 1250. The summed E-state index contributed by atoms with van der Waals surface area (Å²) in [4.78, 5) is 27.7. The van der Waals surface area contributed by atoms with Crippen molar-refractivity contribution in [2.45, 2.75) is 26.7 Å². The number of halogens is 3. The highest BCUT2D eigenvalue weighted by Gasteiger charge is 2.18. The van der Waals surface area contributed by atoms with Gasteiger partial charge in [-0.2, -0.15) is 0 Å². The number of nitrogens with zero attached hydrogens (tertiary/aromatic N) is 1. The molecule has 0 saturated heterocycles. The fourth-order valence-corrected chi connectivity index (χ4v) is 3.94. The van der Waals surface area contributed by atoms with Gasteiger partial charge in [0, 0.05) is 40.9 Å². The summed E-state index contributed by atoms with van der Waals surface area (Å²) in [5.74, 6) is -4.72. The first kappa shape index (κ1) is 26.1. The monoisotopic (exact) mass is 504 g/mol. The summed E-state index contributed by atoms with van der Waals surface area (Å²) in [7, 11) is 0. The number of hydrogen-bond acceptors (Lipinski definition) is 5. The Balaban J connectivity index is 1.76. The fraction of sp³-hybridized carbons (Fsp3) is 0.240. The first-order valence-electron chi connectivity index (χ1n) is 10.7. The van der Waals surface area contributed by atoms with E-state index in [-0.39, 0.29) is 21.8 Å². The van der Waals surface area contributed by atoms with E-state index < -0.39 is 34.9 Å². The molecule has 0 atom stereocenters. The zero-order valence-electron chi connectivity index (χ0n) is 19.0. The number of carbonyl (C=O) groups is 2. The van der Waals surface area contributed by atoms with Gasteiger partial charge in [0.05, 0.1) is 5.69 Å². The van der Waals surface area contributed by atoms with Crippen LogP contribution >= 0.6 is 11.3 Å². The molecule has 1 heterocycles. The minimum absolute atomic E-state index is 0.123. The first-order valence-corrected chi connectivity index (χ1v) is 11.6. The van der Waals surface area contributed by atoms with Crippen LogP contribution in [0.3, 0.4) is 0 Å². The molecular formula is C25H23F3N2O4S. The molecule has 0 fully saturated rings. The Morgan fingerprint density at radius 1 is 1.20 bits per heavy atom. The van der Waals surface area contributed by atoms with Gasteiger partial charge in [-0.3, -0.25) is 10.1 Å². The number of aryl methyl sites for hydroxylation is 1. The minimum Gasteiger partial charge on any atom is -0.478 e. The maximum atomic E-state index is 15.0. The van der Waals surface area contributed by atoms with Crippen molar-refractivity contribution in [2.75, 3.05) is 18.5 Å². The lowest BCUT2D eigenvalue weighted by Gasteiger charge is -2.07. The number of rotatable bonds is 10. The van der Waals surface area contributed by atoms with Gasteiger partial charge in [0.2, 0.25) is 0 Å². The van der Waals surface area contributed by atoms with E-state index in [1.807, 2.05) is 6.92 Å². The third-order valence-electron chi connectivity index (χ3n) is 5.06. The summed E-state index contributed by atoms with van der Waals surface area (Å²) in [6, 6.07) is 6.61. The lowest BCUT2D eigenvalue weighted by molar-refractivity contribution is -0.132. The van der Waals surface area contributed by atoms with Crippen molar-refractivity contribution in [3.8, 4) is 11.3 Å². The van der Waals surface area contributed by atoms with Crippen LogP contribution in [-0.4, -0.2) is 35.2 Å². The standard InChI is InChI=1S/C25H23F3N2O4S/c1-3-34-9-5-7-15-6-4-8-17(22(15)28)21-13-35-25(29-21)30-23(31)16-11-19(26)18(20(27)12-16)10-14(2)24(32)33/h4,6,8,10-13H,3,5,7,9H2,1-2H3,(H,32,33)(H,29,30,31)/b14-10+. The molecule has 2 N–H and O–H groups in total. The van der Waals surface area contributed by atoms with E-state index in [4.69, 9.17) is 9.84 Å². The number of carbonyl (C=O) groups excluding carboxylic acids is 1. The third kappa shape index (κ3) is 6.55. The number of aliphatic carboxylic acids is 1. The molecule has 184 valence electrons. The Kier molecular flexibility index (Phi) is 8.78. The van der Waals surface area contributed by atoms with Crippen molar-refractivity contribution < 1.29 is 32.6 Å². The molecule has 0 unspecified atom stereocenters. The van der Waals surface area contributed by atoms with Crippen molar-refractivity contribution in [3.63, 3.8) is 0 Å². The summed E-state index contributed by atoms with van der Waals surface area (Å²) >= 11 is 1.04. The largest absolute Gasteiger partial charge is 0.478 e. The van der Waals surface area contributed by atoms with Gasteiger partial charge in [-0.25, -0.2) is 22.9 Å². The number of carboxylic acid groups (broad SMARTS) is 1. The number of thiazole rings is 1. The number of benzene rings is 2. The van der Waals surface area contributed by atoms with E-state index >= 15 is 0 Å². The van der Waals surface area contributed by atoms with Crippen LogP contribution in [-0.2, 0) is 16.0 Å².